The number of imide groups is 1. The SMILES string of the molecule is CCOc1cc(/C=C2/SC(=O)N(CC(=O)OC(C)C)C2=O)cc(Br)c1OCc1ccc(I)cc1. The van der Waals surface area contributed by atoms with Crippen molar-refractivity contribution in [1.29, 1.82) is 0 Å². The highest BCUT2D eigenvalue weighted by Gasteiger charge is 2.36. The van der Waals surface area contributed by atoms with E-state index < -0.39 is 23.7 Å². The Hall–Kier alpha value is -2.05. The molecular weight excluding hydrogens is 637 g/mol. The number of hydrogen-bond acceptors (Lipinski definition) is 7. The summed E-state index contributed by atoms with van der Waals surface area (Å²) in [6.45, 7) is 5.63. The molecule has 1 heterocycles. The van der Waals surface area contributed by atoms with Crippen molar-refractivity contribution in [2.45, 2.75) is 33.5 Å². The van der Waals surface area contributed by atoms with E-state index in [4.69, 9.17) is 14.2 Å². The van der Waals surface area contributed by atoms with E-state index in [9.17, 15) is 14.4 Å². The molecule has 180 valence electrons. The zero-order valence-corrected chi connectivity index (χ0v) is 23.4. The van der Waals surface area contributed by atoms with E-state index in [1.807, 2.05) is 31.2 Å². The summed E-state index contributed by atoms with van der Waals surface area (Å²) in [5.74, 6) is -0.117. The Labute approximate surface area is 224 Å². The Morgan fingerprint density at radius 3 is 2.53 bits per heavy atom. The predicted octanol–water partition coefficient (Wildman–Crippen LogP) is 6.02. The number of benzene rings is 2. The van der Waals surface area contributed by atoms with Gasteiger partial charge in [0.15, 0.2) is 11.5 Å². The summed E-state index contributed by atoms with van der Waals surface area (Å²) in [4.78, 5) is 38.0. The minimum absolute atomic E-state index is 0.212. The molecule has 0 aliphatic carbocycles. The molecule has 2 aromatic rings. The number of hydrogen-bond donors (Lipinski definition) is 0. The number of ether oxygens (including phenoxy) is 3. The zero-order chi connectivity index (χ0) is 24.8. The summed E-state index contributed by atoms with van der Waals surface area (Å²) >= 11 is 6.56. The van der Waals surface area contributed by atoms with E-state index >= 15 is 0 Å². The van der Waals surface area contributed by atoms with Crippen molar-refractivity contribution in [1.82, 2.24) is 4.90 Å². The fraction of sp³-hybridized carbons (Fsp3) is 0.292. The Morgan fingerprint density at radius 1 is 1.18 bits per heavy atom. The quantitative estimate of drug-likeness (QED) is 0.185. The predicted molar refractivity (Wildman–Crippen MR) is 143 cm³/mol. The van der Waals surface area contributed by atoms with Crippen LogP contribution in [0.2, 0.25) is 0 Å². The van der Waals surface area contributed by atoms with Crippen LogP contribution in [0.25, 0.3) is 6.08 Å². The number of amides is 2. The second-order valence-corrected chi connectivity index (χ2v) is 10.6. The molecule has 2 amide bonds. The Kier molecular flexibility index (Phi) is 9.43. The number of esters is 1. The molecule has 0 unspecified atom stereocenters. The average molecular weight is 660 g/mol. The van der Waals surface area contributed by atoms with Gasteiger partial charge in [-0.1, -0.05) is 12.1 Å². The van der Waals surface area contributed by atoms with Crippen molar-refractivity contribution in [2.75, 3.05) is 13.2 Å². The van der Waals surface area contributed by atoms with Gasteiger partial charge in [-0.3, -0.25) is 19.3 Å². The molecule has 1 fully saturated rings. The fourth-order valence-electron chi connectivity index (χ4n) is 3.03. The first-order valence-electron chi connectivity index (χ1n) is 10.5. The van der Waals surface area contributed by atoms with Crippen LogP contribution in [-0.4, -0.2) is 41.3 Å². The third-order valence-electron chi connectivity index (χ3n) is 4.45. The lowest BCUT2D eigenvalue weighted by molar-refractivity contribution is -0.149. The van der Waals surface area contributed by atoms with E-state index in [0.717, 1.165) is 25.8 Å². The molecule has 1 saturated heterocycles. The first-order chi connectivity index (χ1) is 16.2. The molecule has 1 aliphatic rings. The summed E-state index contributed by atoms with van der Waals surface area (Å²) in [6.07, 6.45) is 1.26. The van der Waals surface area contributed by atoms with Crippen molar-refractivity contribution in [3.05, 3.63) is 60.5 Å². The Bertz CT molecular complexity index is 1120. The molecule has 0 atom stereocenters. The van der Waals surface area contributed by atoms with E-state index in [1.165, 1.54) is 0 Å². The van der Waals surface area contributed by atoms with Crippen molar-refractivity contribution < 1.29 is 28.6 Å². The van der Waals surface area contributed by atoms with Gasteiger partial charge in [-0.2, -0.15) is 0 Å². The van der Waals surface area contributed by atoms with Gasteiger partial charge in [0.1, 0.15) is 13.2 Å². The number of thioether (sulfide) groups is 1. The Balaban J connectivity index is 1.80. The van der Waals surface area contributed by atoms with Crippen LogP contribution in [0, 0.1) is 3.57 Å². The van der Waals surface area contributed by atoms with Crippen molar-refractivity contribution in [3.63, 3.8) is 0 Å². The number of nitrogens with zero attached hydrogens (tertiary/aromatic N) is 1. The number of rotatable bonds is 9. The number of carbonyl (C=O) groups is 3. The van der Waals surface area contributed by atoms with Crippen LogP contribution in [0.3, 0.4) is 0 Å². The van der Waals surface area contributed by atoms with E-state index in [0.29, 0.717) is 34.7 Å². The monoisotopic (exact) mass is 659 g/mol. The first kappa shape index (κ1) is 26.6. The molecule has 0 N–H and O–H groups in total. The fourth-order valence-corrected chi connectivity index (χ4v) is 4.80. The summed E-state index contributed by atoms with van der Waals surface area (Å²) in [7, 11) is 0. The van der Waals surface area contributed by atoms with Gasteiger partial charge in [-0.25, -0.2) is 0 Å². The Morgan fingerprint density at radius 2 is 1.88 bits per heavy atom. The van der Waals surface area contributed by atoms with Crippen molar-refractivity contribution >= 4 is 73.5 Å². The van der Waals surface area contributed by atoms with Gasteiger partial charge in [0, 0.05) is 3.57 Å². The highest BCUT2D eigenvalue weighted by atomic mass is 127. The largest absolute Gasteiger partial charge is 0.490 e. The number of carbonyl (C=O) groups excluding carboxylic acids is 3. The highest BCUT2D eigenvalue weighted by molar-refractivity contribution is 14.1. The van der Waals surface area contributed by atoms with Crippen LogP contribution in [0.5, 0.6) is 11.5 Å². The van der Waals surface area contributed by atoms with Gasteiger partial charge >= 0.3 is 5.97 Å². The lowest BCUT2D eigenvalue weighted by Crippen LogP contribution is -2.35. The van der Waals surface area contributed by atoms with Gasteiger partial charge in [0.05, 0.1) is 22.1 Å². The van der Waals surface area contributed by atoms with Crippen LogP contribution < -0.4 is 9.47 Å². The molecule has 34 heavy (non-hydrogen) atoms. The summed E-state index contributed by atoms with van der Waals surface area (Å²) < 4.78 is 18.6. The molecule has 0 radical (unpaired) electrons. The van der Waals surface area contributed by atoms with E-state index in [-0.39, 0.29) is 11.0 Å². The minimum atomic E-state index is -0.630. The van der Waals surface area contributed by atoms with Gasteiger partial charge in [0.25, 0.3) is 11.1 Å². The second-order valence-electron chi connectivity index (χ2n) is 7.48. The van der Waals surface area contributed by atoms with Crippen LogP contribution >= 0.6 is 50.3 Å². The van der Waals surface area contributed by atoms with Crippen molar-refractivity contribution in [3.8, 4) is 11.5 Å². The maximum atomic E-state index is 12.7. The van der Waals surface area contributed by atoms with Crippen LogP contribution in [0.15, 0.2) is 45.8 Å². The minimum Gasteiger partial charge on any atom is -0.490 e. The van der Waals surface area contributed by atoms with Gasteiger partial charge in [-0.15, -0.1) is 0 Å². The smallest absolute Gasteiger partial charge is 0.326 e. The average Bonchev–Trinajstić information content (AvgIpc) is 3.01. The van der Waals surface area contributed by atoms with Gasteiger partial charge < -0.3 is 14.2 Å². The molecule has 0 aromatic heterocycles. The van der Waals surface area contributed by atoms with E-state index in [2.05, 4.69) is 38.5 Å². The highest BCUT2D eigenvalue weighted by Crippen LogP contribution is 2.39. The third-order valence-corrected chi connectivity index (χ3v) is 6.67. The lowest BCUT2D eigenvalue weighted by atomic mass is 10.1. The molecule has 2 aromatic carbocycles. The summed E-state index contributed by atoms with van der Waals surface area (Å²) in [6, 6.07) is 11.5. The standard InChI is InChI=1S/C24H23BrINO6S/c1-4-31-19-10-16(9-18(25)22(19)32-13-15-5-7-17(26)8-6-15)11-20-23(29)27(24(30)34-20)12-21(28)33-14(2)3/h5-11,14H,4,12-13H2,1-3H3/b20-11+. The molecule has 10 heteroatoms. The first-order valence-corrected chi connectivity index (χ1v) is 13.1. The van der Waals surface area contributed by atoms with E-state index in [1.54, 1.807) is 32.1 Å². The molecule has 0 saturated carbocycles. The van der Waals surface area contributed by atoms with Crippen molar-refractivity contribution in [2.24, 2.45) is 0 Å². The molecule has 0 bridgehead atoms. The van der Waals surface area contributed by atoms with Gasteiger partial charge in [0.2, 0.25) is 0 Å². The normalized spacial score (nSPS) is 14.8. The third kappa shape index (κ3) is 6.98. The van der Waals surface area contributed by atoms with Gasteiger partial charge in [-0.05, 0) is 113 Å². The van der Waals surface area contributed by atoms with Crippen LogP contribution in [0.4, 0.5) is 4.79 Å². The molecule has 7 nitrogen and oxygen atoms in total. The van der Waals surface area contributed by atoms with Crippen LogP contribution in [0.1, 0.15) is 31.9 Å². The van der Waals surface area contributed by atoms with Crippen LogP contribution in [-0.2, 0) is 20.9 Å². The summed E-state index contributed by atoms with van der Waals surface area (Å²) in [5.41, 5.74) is 1.66. The zero-order valence-electron chi connectivity index (χ0n) is 18.8. The molecule has 0 spiro atoms. The number of halogens is 2. The molecule has 1 aliphatic heterocycles. The molecular formula is C24H23BrINO6S. The maximum absolute atomic E-state index is 12.7. The lowest BCUT2D eigenvalue weighted by Gasteiger charge is -2.15. The molecule has 3 rings (SSSR count). The maximum Gasteiger partial charge on any atom is 0.326 e. The topological polar surface area (TPSA) is 82.1 Å². The summed E-state index contributed by atoms with van der Waals surface area (Å²) in [5, 5.41) is -0.515. The second kappa shape index (κ2) is 12.1.